The van der Waals surface area contributed by atoms with Crippen LogP contribution in [0.4, 0.5) is 0 Å². The predicted octanol–water partition coefficient (Wildman–Crippen LogP) is 1.44. The molecule has 0 aromatic carbocycles. The molecule has 0 heterocycles. The Morgan fingerprint density at radius 1 is 1.19 bits per heavy atom. The first kappa shape index (κ1) is 15.4. The third-order valence-corrected chi connectivity index (χ3v) is 2.95. The first-order valence-corrected chi connectivity index (χ1v) is 5.76. The second-order valence-electron chi connectivity index (χ2n) is 4.57. The lowest BCUT2D eigenvalue weighted by Crippen LogP contribution is -2.47. The summed E-state index contributed by atoms with van der Waals surface area (Å²) in [6.07, 6.45) is 0. The third kappa shape index (κ3) is 4.94. The summed E-state index contributed by atoms with van der Waals surface area (Å²) in [4.78, 5) is 11.4. The van der Waals surface area contributed by atoms with Gasteiger partial charge < -0.3 is 14.8 Å². The zero-order valence-electron chi connectivity index (χ0n) is 11.2. The average Bonchev–Trinajstić information content (AvgIpc) is 2.25. The van der Waals surface area contributed by atoms with Gasteiger partial charge in [-0.3, -0.25) is 4.79 Å². The maximum atomic E-state index is 11.4. The summed E-state index contributed by atoms with van der Waals surface area (Å²) in [5.41, 5.74) is 0. The van der Waals surface area contributed by atoms with Gasteiger partial charge in [0.15, 0.2) is 0 Å². The van der Waals surface area contributed by atoms with Crippen LogP contribution in [0.1, 0.15) is 27.7 Å². The van der Waals surface area contributed by atoms with Crippen molar-refractivity contribution in [2.45, 2.75) is 39.8 Å². The highest BCUT2D eigenvalue weighted by Crippen LogP contribution is 2.09. The molecule has 0 aromatic heterocycles. The summed E-state index contributed by atoms with van der Waals surface area (Å²) in [6.45, 7) is 8.77. The minimum Gasteiger partial charge on any atom is -0.469 e. The monoisotopic (exact) mass is 231 g/mol. The molecular formula is C12H25NO3. The molecule has 0 aliphatic heterocycles. The number of esters is 1. The van der Waals surface area contributed by atoms with Gasteiger partial charge >= 0.3 is 5.97 Å². The molecule has 0 rings (SSSR count). The normalized spacial score (nSPS) is 16.9. The molecule has 16 heavy (non-hydrogen) atoms. The maximum absolute atomic E-state index is 11.4. The Bertz CT molecular complexity index is 206. The van der Waals surface area contributed by atoms with Crippen molar-refractivity contribution in [2.75, 3.05) is 20.8 Å². The Morgan fingerprint density at radius 3 is 2.12 bits per heavy atom. The van der Waals surface area contributed by atoms with Crippen LogP contribution in [0.25, 0.3) is 0 Å². The fourth-order valence-corrected chi connectivity index (χ4v) is 1.48. The van der Waals surface area contributed by atoms with Crippen molar-refractivity contribution >= 4 is 5.97 Å². The van der Waals surface area contributed by atoms with E-state index in [9.17, 15) is 4.79 Å². The van der Waals surface area contributed by atoms with Gasteiger partial charge in [-0.1, -0.05) is 20.8 Å². The Morgan fingerprint density at radius 2 is 1.75 bits per heavy atom. The van der Waals surface area contributed by atoms with Gasteiger partial charge in [-0.25, -0.2) is 0 Å². The lowest BCUT2D eigenvalue weighted by atomic mass is 9.99. The fraction of sp³-hybridized carbons (Fsp3) is 0.917. The molecule has 0 saturated carbocycles. The fourth-order valence-electron chi connectivity index (χ4n) is 1.48. The van der Waals surface area contributed by atoms with Crippen molar-refractivity contribution < 1.29 is 14.3 Å². The van der Waals surface area contributed by atoms with E-state index in [1.54, 1.807) is 7.11 Å². The van der Waals surface area contributed by atoms with Gasteiger partial charge in [0, 0.05) is 19.2 Å². The molecule has 4 nitrogen and oxygen atoms in total. The number of hydrogen-bond donors (Lipinski definition) is 1. The van der Waals surface area contributed by atoms with E-state index in [1.165, 1.54) is 7.11 Å². The Balaban J connectivity index is 4.27. The van der Waals surface area contributed by atoms with Crippen molar-refractivity contribution in [1.29, 1.82) is 0 Å². The second-order valence-corrected chi connectivity index (χ2v) is 4.57. The van der Waals surface area contributed by atoms with Gasteiger partial charge in [0.05, 0.1) is 19.6 Å². The Labute approximate surface area is 98.7 Å². The number of carbonyl (C=O) groups is 1. The zero-order chi connectivity index (χ0) is 12.7. The summed E-state index contributed by atoms with van der Waals surface area (Å²) in [5, 5.41) is 3.41. The highest BCUT2D eigenvalue weighted by molar-refractivity contribution is 5.72. The number of rotatable bonds is 7. The van der Waals surface area contributed by atoms with E-state index in [0.717, 1.165) is 0 Å². The topological polar surface area (TPSA) is 47.6 Å². The van der Waals surface area contributed by atoms with Gasteiger partial charge in [0.2, 0.25) is 0 Å². The quantitative estimate of drug-likeness (QED) is 0.674. The van der Waals surface area contributed by atoms with E-state index in [4.69, 9.17) is 9.47 Å². The molecule has 0 bridgehead atoms. The molecule has 0 aliphatic carbocycles. The predicted molar refractivity (Wildman–Crippen MR) is 64.3 cm³/mol. The van der Waals surface area contributed by atoms with Crippen LogP contribution in [0.5, 0.6) is 0 Å². The highest BCUT2D eigenvalue weighted by Gasteiger charge is 2.24. The zero-order valence-corrected chi connectivity index (χ0v) is 11.2. The molecule has 0 amide bonds. The van der Waals surface area contributed by atoms with Gasteiger partial charge in [0.25, 0.3) is 0 Å². The summed E-state index contributed by atoms with van der Waals surface area (Å²) in [6, 6.07) is 0.335. The number of hydrogen-bond acceptors (Lipinski definition) is 4. The van der Waals surface area contributed by atoms with Gasteiger partial charge in [0.1, 0.15) is 0 Å². The van der Waals surface area contributed by atoms with Gasteiger partial charge in [-0.05, 0) is 12.8 Å². The first-order chi connectivity index (χ1) is 7.43. The third-order valence-electron chi connectivity index (χ3n) is 2.95. The van der Waals surface area contributed by atoms with Crippen LogP contribution in [-0.2, 0) is 14.3 Å². The minimum atomic E-state index is -0.181. The molecular weight excluding hydrogens is 206 g/mol. The molecule has 96 valence electrons. The van der Waals surface area contributed by atoms with Crippen LogP contribution in [0.15, 0.2) is 0 Å². The Hall–Kier alpha value is -0.610. The van der Waals surface area contributed by atoms with Crippen molar-refractivity contribution in [3.63, 3.8) is 0 Å². The van der Waals surface area contributed by atoms with Crippen molar-refractivity contribution in [2.24, 2.45) is 11.8 Å². The summed E-state index contributed by atoms with van der Waals surface area (Å²) in [5.74, 6) is 0.135. The molecule has 3 atom stereocenters. The minimum absolute atomic E-state index is 0.0787. The van der Waals surface area contributed by atoms with Gasteiger partial charge in [-0.2, -0.15) is 0 Å². The molecule has 0 radical (unpaired) electrons. The lowest BCUT2D eigenvalue weighted by Gasteiger charge is -2.28. The van der Waals surface area contributed by atoms with Crippen molar-refractivity contribution in [3.8, 4) is 0 Å². The number of nitrogens with one attached hydrogen (secondary N) is 1. The van der Waals surface area contributed by atoms with Crippen LogP contribution >= 0.6 is 0 Å². The van der Waals surface area contributed by atoms with Crippen LogP contribution in [-0.4, -0.2) is 38.9 Å². The standard InChI is InChI=1S/C12H25NO3/c1-8(2)11(7-15-5)13-10(4)9(3)12(14)16-6/h8-11,13H,7H2,1-6H3. The summed E-state index contributed by atoms with van der Waals surface area (Å²) < 4.78 is 9.88. The van der Waals surface area contributed by atoms with E-state index >= 15 is 0 Å². The van der Waals surface area contributed by atoms with Crippen molar-refractivity contribution in [1.82, 2.24) is 5.32 Å². The molecule has 0 fully saturated rings. The number of ether oxygens (including phenoxy) is 2. The summed E-state index contributed by atoms with van der Waals surface area (Å²) in [7, 11) is 3.10. The molecule has 0 aromatic rings. The first-order valence-electron chi connectivity index (χ1n) is 5.76. The molecule has 3 unspecified atom stereocenters. The number of carbonyl (C=O) groups excluding carboxylic acids is 1. The van der Waals surface area contributed by atoms with E-state index in [1.807, 2.05) is 13.8 Å². The molecule has 0 saturated heterocycles. The van der Waals surface area contributed by atoms with E-state index in [0.29, 0.717) is 12.5 Å². The second kappa shape index (κ2) is 7.63. The van der Waals surface area contributed by atoms with Crippen LogP contribution < -0.4 is 5.32 Å². The van der Waals surface area contributed by atoms with Crippen molar-refractivity contribution in [3.05, 3.63) is 0 Å². The van der Waals surface area contributed by atoms with E-state index in [-0.39, 0.29) is 24.0 Å². The largest absolute Gasteiger partial charge is 0.469 e. The van der Waals surface area contributed by atoms with E-state index in [2.05, 4.69) is 19.2 Å². The van der Waals surface area contributed by atoms with Crippen LogP contribution in [0.3, 0.4) is 0 Å². The molecule has 4 heteroatoms. The van der Waals surface area contributed by atoms with E-state index < -0.39 is 0 Å². The smallest absolute Gasteiger partial charge is 0.309 e. The SMILES string of the molecule is COCC(NC(C)C(C)C(=O)OC)C(C)C. The lowest BCUT2D eigenvalue weighted by molar-refractivity contribution is -0.145. The van der Waals surface area contributed by atoms with Gasteiger partial charge in [-0.15, -0.1) is 0 Å². The average molecular weight is 231 g/mol. The molecule has 0 aliphatic rings. The highest BCUT2D eigenvalue weighted by atomic mass is 16.5. The Kier molecular flexibility index (Phi) is 7.34. The number of methoxy groups -OCH3 is 2. The van der Waals surface area contributed by atoms with Crippen LogP contribution in [0, 0.1) is 11.8 Å². The molecule has 0 spiro atoms. The summed E-state index contributed by atoms with van der Waals surface area (Å²) >= 11 is 0. The maximum Gasteiger partial charge on any atom is 0.309 e. The molecule has 1 N–H and O–H groups in total. The van der Waals surface area contributed by atoms with Crippen LogP contribution in [0.2, 0.25) is 0 Å².